The minimum absolute atomic E-state index is 0.0400. The molecule has 132 valence electrons. The van der Waals surface area contributed by atoms with Gasteiger partial charge in [0, 0.05) is 12.1 Å². The number of rotatable bonds is 4. The van der Waals surface area contributed by atoms with Gasteiger partial charge in [-0.15, -0.1) is 0 Å². The van der Waals surface area contributed by atoms with Gasteiger partial charge in [0.15, 0.2) is 0 Å². The second kappa shape index (κ2) is 6.55. The lowest BCUT2D eigenvalue weighted by Crippen LogP contribution is -2.26. The highest BCUT2D eigenvalue weighted by Gasteiger charge is 2.33. The van der Waals surface area contributed by atoms with Crippen molar-refractivity contribution in [1.29, 1.82) is 0 Å². The third kappa shape index (κ3) is 4.22. The summed E-state index contributed by atoms with van der Waals surface area (Å²) < 4.78 is 57.3. The number of carbonyl (C=O) groups is 1. The highest BCUT2D eigenvalue weighted by Crippen LogP contribution is 2.37. The van der Waals surface area contributed by atoms with Crippen LogP contribution in [-0.2, 0) is 6.18 Å². The number of hydrogen-bond donors (Lipinski definition) is 1. The molecule has 3 rings (SSSR count). The number of alkyl halides is 3. The summed E-state index contributed by atoms with van der Waals surface area (Å²) in [6, 6.07) is 6.49. The Morgan fingerprint density at radius 1 is 1.12 bits per heavy atom. The Kier molecular flexibility index (Phi) is 4.60. The van der Waals surface area contributed by atoms with Crippen LogP contribution in [0.3, 0.4) is 0 Å². The van der Waals surface area contributed by atoms with E-state index in [-0.39, 0.29) is 23.1 Å². The van der Waals surface area contributed by atoms with Gasteiger partial charge >= 0.3 is 6.18 Å². The Morgan fingerprint density at radius 3 is 2.36 bits per heavy atom. The largest absolute Gasteiger partial charge is 0.457 e. The van der Waals surface area contributed by atoms with Crippen LogP contribution in [0, 0.1) is 5.82 Å². The third-order valence-electron chi connectivity index (χ3n) is 3.58. The lowest BCUT2D eigenvalue weighted by molar-refractivity contribution is -0.137. The standard InChI is InChI=1S/C17H12ClF4NO2/c18-14-8-11(3-5-13(14)17(20,21)22)25-10-4-6-15(19)12(7-10)16(24)23-9-1-2-9/h3-9H,1-2H2,(H,23,24). The van der Waals surface area contributed by atoms with Crippen LogP contribution in [-0.4, -0.2) is 11.9 Å². The normalized spacial score (nSPS) is 14.3. The van der Waals surface area contributed by atoms with Crippen molar-refractivity contribution in [1.82, 2.24) is 5.32 Å². The monoisotopic (exact) mass is 373 g/mol. The molecule has 1 amide bonds. The zero-order chi connectivity index (χ0) is 18.2. The quantitative estimate of drug-likeness (QED) is 0.750. The van der Waals surface area contributed by atoms with Crippen LogP contribution in [0.25, 0.3) is 0 Å². The molecule has 25 heavy (non-hydrogen) atoms. The first-order valence-corrected chi connectivity index (χ1v) is 7.77. The summed E-state index contributed by atoms with van der Waals surface area (Å²) in [7, 11) is 0. The van der Waals surface area contributed by atoms with Crippen molar-refractivity contribution in [2.75, 3.05) is 0 Å². The van der Waals surface area contributed by atoms with E-state index in [1.54, 1.807) is 0 Å². The molecule has 0 aromatic heterocycles. The minimum Gasteiger partial charge on any atom is -0.457 e. The summed E-state index contributed by atoms with van der Waals surface area (Å²) in [5.41, 5.74) is -1.17. The van der Waals surface area contributed by atoms with E-state index in [9.17, 15) is 22.4 Å². The summed E-state index contributed by atoms with van der Waals surface area (Å²) >= 11 is 5.63. The molecule has 0 saturated heterocycles. The highest BCUT2D eigenvalue weighted by molar-refractivity contribution is 6.31. The van der Waals surface area contributed by atoms with Gasteiger partial charge in [0.1, 0.15) is 17.3 Å². The number of benzene rings is 2. The van der Waals surface area contributed by atoms with E-state index in [1.807, 2.05) is 0 Å². The molecule has 2 aromatic carbocycles. The van der Waals surface area contributed by atoms with Crippen molar-refractivity contribution in [2.24, 2.45) is 0 Å². The van der Waals surface area contributed by atoms with Crippen LogP contribution < -0.4 is 10.1 Å². The van der Waals surface area contributed by atoms with Crippen molar-refractivity contribution in [3.8, 4) is 11.5 Å². The van der Waals surface area contributed by atoms with Gasteiger partial charge in [-0.05, 0) is 43.2 Å². The molecule has 0 bridgehead atoms. The summed E-state index contributed by atoms with van der Waals surface area (Å²) in [4.78, 5) is 12.0. The van der Waals surface area contributed by atoms with E-state index in [4.69, 9.17) is 16.3 Å². The summed E-state index contributed by atoms with van der Waals surface area (Å²) in [6.45, 7) is 0. The Labute approximate surface area is 145 Å². The van der Waals surface area contributed by atoms with Crippen molar-refractivity contribution >= 4 is 17.5 Å². The van der Waals surface area contributed by atoms with Gasteiger partial charge in [-0.3, -0.25) is 4.79 Å². The lowest BCUT2D eigenvalue weighted by Gasteiger charge is -2.12. The number of amides is 1. The molecule has 1 fully saturated rings. The molecule has 1 N–H and O–H groups in total. The van der Waals surface area contributed by atoms with Crippen LogP contribution in [0.15, 0.2) is 36.4 Å². The Hall–Kier alpha value is -2.28. The average molecular weight is 374 g/mol. The molecule has 0 unspecified atom stereocenters. The van der Waals surface area contributed by atoms with Crippen molar-refractivity contribution < 1.29 is 27.1 Å². The smallest absolute Gasteiger partial charge is 0.417 e. The topological polar surface area (TPSA) is 38.3 Å². The zero-order valence-electron chi connectivity index (χ0n) is 12.7. The van der Waals surface area contributed by atoms with Gasteiger partial charge in [-0.25, -0.2) is 4.39 Å². The molecule has 1 saturated carbocycles. The lowest BCUT2D eigenvalue weighted by atomic mass is 10.1. The first kappa shape index (κ1) is 17.5. The summed E-state index contributed by atoms with van der Waals surface area (Å²) in [6.07, 6.45) is -2.86. The molecule has 0 spiro atoms. The number of carbonyl (C=O) groups excluding carboxylic acids is 1. The maximum absolute atomic E-state index is 13.8. The van der Waals surface area contributed by atoms with Gasteiger partial charge in [-0.2, -0.15) is 13.2 Å². The van der Waals surface area contributed by atoms with Crippen LogP contribution in [0.5, 0.6) is 11.5 Å². The van der Waals surface area contributed by atoms with Crippen LogP contribution in [0.1, 0.15) is 28.8 Å². The molecule has 1 aliphatic rings. The number of ether oxygens (including phenoxy) is 1. The molecule has 8 heteroatoms. The van der Waals surface area contributed by atoms with Crippen LogP contribution in [0.2, 0.25) is 5.02 Å². The average Bonchev–Trinajstić information content (AvgIpc) is 3.32. The van der Waals surface area contributed by atoms with Crippen molar-refractivity contribution in [3.05, 3.63) is 58.4 Å². The minimum atomic E-state index is -4.57. The molecule has 1 aliphatic carbocycles. The molecule has 0 aliphatic heterocycles. The van der Waals surface area contributed by atoms with Crippen LogP contribution in [0.4, 0.5) is 17.6 Å². The SMILES string of the molecule is O=C(NC1CC1)c1cc(Oc2ccc(C(F)(F)F)c(Cl)c2)ccc1F. The summed E-state index contributed by atoms with van der Waals surface area (Å²) in [5.74, 6) is -1.12. The summed E-state index contributed by atoms with van der Waals surface area (Å²) in [5, 5.41) is 2.14. The second-order valence-electron chi connectivity index (χ2n) is 5.63. The Balaban J connectivity index is 1.81. The molecule has 2 aromatic rings. The zero-order valence-corrected chi connectivity index (χ0v) is 13.4. The predicted octanol–water partition coefficient (Wildman–Crippen LogP) is 5.18. The van der Waals surface area contributed by atoms with Gasteiger partial charge in [0.25, 0.3) is 5.91 Å². The van der Waals surface area contributed by atoms with Crippen molar-refractivity contribution in [2.45, 2.75) is 25.1 Å². The first-order chi connectivity index (χ1) is 11.7. The van der Waals surface area contributed by atoms with E-state index >= 15 is 0 Å². The predicted molar refractivity (Wildman–Crippen MR) is 83.4 cm³/mol. The van der Waals surface area contributed by atoms with E-state index < -0.39 is 28.5 Å². The molecular formula is C17H12ClF4NO2. The number of hydrogen-bond acceptors (Lipinski definition) is 2. The second-order valence-corrected chi connectivity index (χ2v) is 6.04. The van der Waals surface area contributed by atoms with E-state index in [0.717, 1.165) is 37.1 Å². The fourth-order valence-electron chi connectivity index (χ4n) is 2.16. The Morgan fingerprint density at radius 2 is 1.76 bits per heavy atom. The maximum atomic E-state index is 13.8. The van der Waals surface area contributed by atoms with E-state index in [0.29, 0.717) is 0 Å². The van der Waals surface area contributed by atoms with Gasteiger partial charge in [0.05, 0.1) is 16.1 Å². The van der Waals surface area contributed by atoms with Crippen molar-refractivity contribution in [3.63, 3.8) is 0 Å². The fraction of sp³-hybridized carbons (Fsp3) is 0.235. The molecule has 0 heterocycles. The molecular weight excluding hydrogens is 362 g/mol. The first-order valence-electron chi connectivity index (χ1n) is 7.39. The Bertz CT molecular complexity index is 819. The van der Waals surface area contributed by atoms with Crippen LogP contribution >= 0.6 is 11.6 Å². The molecule has 3 nitrogen and oxygen atoms in total. The van der Waals surface area contributed by atoms with Gasteiger partial charge < -0.3 is 10.1 Å². The highest BCUT2D eigenvalue weighted by atomic mass is 35.5. The number of nitrogens with one attached hydrogen (secondary N) is 1. The fourth-order valence-corrected chi connectivity index (χ4v) is 2.44. The third-order valence-corrected chi connectivity index (χ3v) is 3.89. The number of halogens is 5. The molecule has 0 radical (unpaired) electrons. The van der Waals surface area contributed by atoms with Gasteiger partial charge in [0.2, 0.25) is 0 Å². The maximum Gasteiger partial charge on any atom is 0.417 e. The van der Waals surface area contributed by atoms with Gasteiger partial charge in [-0.1, -0.05) is 11.6 Å². The van der Waals surface area contributed by atoms with E-state index in [2.05, 4.69) is 5.32 Å². The van der Waals surface area contributed by atoms with E-state index in [1.165, 1.54) is 12.1 Å². The molecule has 0 atom stereocenters.